The van der Waals surface area contributed by atoms with Crippen LogP contribution in [0.4, 0.5) is 10.5 Å². The minimum atomic E-state index is -3.28. The van der Waals surface area contributed by atoms with Crippen LogP contribution in [0.2, 0.25) is 0 Å². The third kappa shape index (κ3) is 6.91. The molecule has 1 saturated heterocycles. The summed E-state index contributed by atoms with van der Waals surface area (Å²) >= 11 is 0. The number of nitriles is 1. The van der Waals surface area contributed by atoms with Gasteiger partial charge in [-0.15, -0.1) is 0 Å². The highest BCUT2D eigenvalue weighted by Gasteiger charge is 2.29. The van der Waals surface area contributed by atoms with Gasteiger partial charge in [-0.1, -0.05) is 18.2 Å². The molecule has 3 N–H and O–H groups in total. The Labute approximate surface area is 224 Å². The monoisotopic (exact) mass is 537 g/mol. The van der Waals surface area contributed by atoms with Crippen LogP contribution in [0.15, 0.2) is 42.5 Å². The van der Waals surface area contributed by atoms with Crippen molar-refractivity contribution in [1.29, 1.82) is 5.26 Å². The van der Waals surface area contributed by atoms with Gasteiger partial charge in [0.2, 0.25) is 10.0 Å². The number of benzene rings is 2. The topological polar surface area (TPSA) is 131 Å². The molecule has 2 atom stereocenters. The van der Waals surface area contributed by atoms with Crippen molar-refractivity contribution in [3.05, 3.63) is 64.7 Å². The number of carbonyl (C=O) groups is 2. The fourth-order valence-corrected chi connectivity index (χ4v) is 6.11. The summed E-state index contributed by atoms with van der Waals surface area (Å²) in [5.41, 5.74) is 3.78. The zero-order chi connectivity index (χ0) is 27.3. The van der Waals surface area contributed by atoms with Crippen molar-refractivity contribution in [1.82, 2.24) is 14.9 Å². The first-order valence-corrected chi connectivity index (χ1v) is 14.8. The number of nitrogens with zero attached hydrogens (tertiary/aromatic N) is 2. The number of nitrogens with one attached hydrogen (secondary N) is 3. The van der Waals surface area contributed by atoms with Crippen molar-refractivity contribution in [2.75, 3.05) is 24.2 Å². The van der Waals surface area contributed by atoms with Crippen molar-refractivity contribution in [2.24, 2.45) is 0 Å². The largest absolute Gasteiger partial charge is 0.339 e. The zero-order valence-corrected chi connectivity index (χ0v) is 22.7. The summed E-state index contributed by atoms with van der Waals surface area (Å²) in [5, 5.41) is 14.8. The van der Waals surface area contributed by atoms with Crippen LogP contribution in [-0.2, 0) is 10.0 Å². The molecule has 4 rings (SSSR count). The van der Waals surface area contributed by atoms with Gasteiger partial charge in [-0.3, -0.25) is 4.79 Å². The molecule has 3 amide bonds. The van der Waals surface area contributed by atoms with E-state index in [0.717, 1.165) is 18.4 Å². The predicted molar refractivity (Wildman–Crippen MR) is 146 cm³/mol. The molecule has 2 fully saturated rings. The summed E-state index contributed by atoms with van der Waals surface area (Å²) < 4.78 is 26.3. The van der Waals surface area contributed by atoms with E-state index in [1.54, 1.807) is 19.1 Å². The van der Waals surface area contributed by atoms with Gasteiger partial charge in [0, 0.05) is 36.4 Å². The Morgan fingerprint density at radius 3 is 2.37 bits per heavy atom. The number of sulfonamides is 1. The highest BCUT2D eigenvalue weighted by Crippen LogP contribution is 2.29. The normalized spacial score (nSPS) is 20.1. The fraction of sp³-hybridized carbons (Fsp3) is 0.464. The molecule has 1 aliphatic heterocycles. The standard InChI is InChI=1S/C28H35N5O4S/c1-3-38(36,37)32-25-11-10-24(17-25)30-28(35)31-26-16-23(7-4-19(26)2)27(34)33-14-12-22(13-15-33)21-8-5-20(18-29)6-9-21/h4-9,16,22,24-25,32H,3,10-15,17H2,1-2H3,(H2,30,31,35)/t24-,25-/m0/s1. The minimum absolute atomic E-state index is 0.0333. The van der Waals surface area contributed by atoms with Gasteiger partial charge < -0.3 is 15.5 Å². The van der Waals surface area contributed by atoms with Gasteiger partial charge in [-0.25, -0.2) is 17.9 Å². The zero-order valence-electron chi connectivity index (χ0n) is 21.9. The Balaban J connectivity index is 1.31. The van der Waals surface area contributed by atoms with Gasteiger partial charge in [-0.05, 0) is 87.3 Å². The number of hydrogen-bond acceptors (Lipinski definition) is 5. The van der Waals surface area contributed by atoms with Gasteiger partial charge in [0.1, 0.15) is 0 Å². The van der Waals surface area contributed by atoms with Gasteiger partial charge >= 0.3 is 6.03 Å². The number of carbonyl (C=O) groups excluding carboxylic acids is 2. The lowest BCUT2D eigenvalue weighted by molar-refractivity contribution is 0.0713. The van der Waals surface area contributed by atoms with Crippen LogP contribution in [-0.4, -0.2) is 56.2 Å². The first-order chi connectivity index (χ1) is 18.2. The summed E-state index contributed by atoms with van der Waals surface area (Å²) in [4.78, 5) is 27.8. The molecule has 38 heavy (non-hydrogen) atoms. The molecule has 1 aliphatic carbocycles. The second-order valence-electron chi connectivity index (χ2n) is 10.2. The number of hydrogen-bond donors (Lipinski definition) is 3. The fourth-order valence-electron chi connectivity index (χ4n) is 5.22. The molecule has 9 nitrogen and oxygen atoms in total. The van der Waals surface area contributed by atoms with Gasteiger partial charge in [0.15, 0.2) is 0 Å². The molecule has 2 aromatic rings. The lowest BCUT2D eigenvalue weighted by atomic mass is 9.89. The first-order valence-electron chi connectivity index (χ1n) is 13.1. The third-order valence-electron chi connectivity index (χ3n) is 7.52. The average Bonchev–Trinajstić information content (AvgIpc) is 3.35. The van der Waals surface area contributed by atoms with E-state index in [1.807, 2.05) is 42.2 Å². The van der Waals surface area contributed by atoms with E-state index in [4.69, 9.17) is 5.26 Å². The van der Waals surface area contributed by atoms with Crippen molar-refractivity contribution in [3.63, 3.8) is 0 Å². The Kier molecular flexibility index (Phi) is 8.69. The van der Waals surface area contributed by atoms with E-state index >= 15 is 0 Å². The summed E-state index contributed by atoms with van der Waals surface area (Å²) in [6.07, 6.45) is 3.62. The van der Waals surface area contributed by atoms with Gasteiger partial charge in [0.25, 0.3) is 5.91 Å². The number of rotatable bonds is 7. The number of aryl methyl sites for hydroxylation is 1. The van der Waals surface area contributed by atoms with Crippen molar-refractivity contribution < 1.29 is 18.0 Å². The Hall–Kier alpha value is -3.42. The van der Waals surface area contributed by atoms with Crippen molar-refractivity contribution in [3.8, 4) is 6.07 Å². The molecule has 0 aromatic heterocycles. The van der Waals surface area contributed by atoms with Crippen LogP contribution in [0.3, 0.4) is 0 Å². The molecule has 0 radical (unpaired) electrons. The quantitative estimate of drug-likeness (QED) is 0.493. The second kappa shape index (κ2) is 12.0. The van der Waals surface area contributed by atoms with E-state index in [9.17, 15) is 18.0 Å². The van der Waals surface area contributed by atoms with Crippen molar-refractivity contribution >= 4 is 27.6 Å². The highest BCUT2D eigenvalue weighted by molar-refractivity contribution is 7.89. The van der Waals surface area contributed by atoms with Crippen LogP contribution >= 0.6 is 0 Å². The molecule has 10 heteroatoms. The van der Waals surface area contributed by atoms with Crippen LogP contribution < -0.4 is 15.4 Å². The Morgan fingerprint density at radius 2 is 1.71 bits per heavy atom. The molecule has 0 unspecified atom stereocenters. The van der Waals surface area contributed by atoms with Crippen LogP contribution in [0, 0.1) is 18.3 Å². The van der Waals surface area contributed by atoms with E-state index in [-0.39, 0.29) is 29.8 Å². The SMILES string of the molecule is CCS(=O)(=O)N[C@H]1CC[C@H](NC(=O)Nc2cc(C(=O)N3CCC(c4ccc(C#N)cc4)CC3)ccc2C)C1. The van der Waals surface area contributed by atoms with Crippen LogP contribution in [0.1, 0.15) is 72.0 Å². The second-order valence-corrected chi connectivity index (χ2v) is 12.2. The number of likely N-dealkylation sites (tertiary alicyclic amines) is 1. The number of amides is 3. The van der Waals surface area contributed by atoms with E-state index in [0.29, 0.717) is 55.1 Å². The summed E-state index contributed by atoms with van der Waals surface area (Å²) in [6, 6.07) is 14.5. The summed E-state index contributed by atoms with van der Waals surface area (Å²) in [5.74, 6) is 0.331. The number of urea groups is 1. The first kappa shape index (κ1) is 27.6. The Bertz CT molecular complexity index is 1310. The molecule has 2 aromatic carbocycles. The maximum atomic E-state index is 13.2. The molecule has 0 bridgehead atoms. The van der Waals surface area contributed by atoms with Gasteiger partial charge in [0.05, 0.1) is 17.4 Å². The Morgan fingerprint density at radius 1 is 1.03 bits per heavy atom. The molecule has 202 valence electrons. The average molecular weight is 538 g/mol. The predicted octanol–water partition coefficient (Wildman–Crippen LogP) is 3.87. The molecule has 1 saturated carbocycles. The summed E-state index contributed by atoms with van der Waals surface area (Å²) in [6.45, 7) is 4.76. The molecule has 1 heterocycles. The smallest absolute Gasteiger partial charge is 0.319 e. The minimum Gasteiger partial charge on any atom is -0.339 e. The van der Waals surface area contributed by atoms with E-state index in [1.165, 1.54) is 5.56 Å². The molecular weight excluding hydrogens is 502 g/mol. The number of anilines is 1. The maximum Gasteiger partial charge on any atom is 0.319 e. The van der Waals surface area contributed by atoms with Gasteiger partial charge in [-0.2, -0.15) is 5.26 Å². The lowest BCUT2D eigenvalue weighted by Crippen LogP contribution is -2.39. The van der Waals surface area contributed by atoms with Crippen molar-refractivity contribution in [2.45, 2.75) is 64.0 Å². The van der Waals surface area contributed by atoms with E-state index in [2.05, 4.69) is 21.4 Å². The number of piperidine rings is 1. The molecular formula is C28H35N5O4S. The third-order valence-corrected chi connectivity index (χ3v) is 8.97. The van der Waals surface area contributed by atoms with E-state index < -0.39 is 10.0 Å². The molecule has 2 aliphatic rings. The molecule has 0 spiro atoms. The highest BCUT2D eigenvalue weighted by atomic mass is 32.2. The van der Waals surface area contributed by atoms with Crippen LogP contribution in [0.25, 0.3) is 0 Å². The lowest BCUT2D eigenvalue weighted by Gasteiger charge is -2.32. The summed E-state index contributed by atoms with van der Waals surface area (Å²) in [7, 11) is -3.28. The van der Waals surface area contributed by atoms with Crippen LogP contribution in [0.5, 0.6) is 0 Å². The maximum absolute atomic E-state index is 13.2.